The summed E-state index contributed by atoms with van der Waals surface area (Å²) in [5.74, 6) is -3.38. The topological polar surface area (TPSA) is 160 Å². The average Bonchev–Trinajstić information content (AvgIpc) is 2.78. The number of carbonyl (C=O) groups is 3. The molecule has 2 aromatic rings. The highest BCUT2D eigenvalue weighted by molar-refractivity contribution is 6.04. The number of H-pyrrole nitrogens is 1. The number of aromatic nitrogens is 2. The van der Waals surface area contributed by atoms with Crippen molar-refractivity contribution < 1.29 is 32.3 Å². The lowest BCUT2D eigenvalue weighted by Crippen LogP contribution is -2.41. The molecule has 11 nitrogen and oxygen atoms in total. The molecule has 1 atom stereocenters. The van der Waals surface area contributed by atoms with Gasteiger partial charge in [0.25, 0.3) is 5.56 Å². The molecule has 186 valence electrons. The van der Waals surface area contributed by atoms with E-state index in [1.54, 1.807) is 4.90 Å². The predicted octanol–water partition coefficient (Wildman–Crippen LogP) is 1.43. The van der Waals surface area contributed by atoms with E-state index < -0.39 is 35.4 Å². The summed E-state index contributed by atoms with van der Waals surface area (Å²) in [5.41, 5.74) is 4.85. The summed E-state index contributed by atoms with van der Waals surface area (Å²) in [7, 11) is 0. The van der Waals surface area contributed by atoms with Gasteiger partial charge >= 0.3 is 6.36 Å². The maximum absolute atomic E-state index is 12.9. The van der Waals surface area contributed by atoms with Crippen LogP contribution >= 0.6 is 0 Å². The first-order chi connectivity index (χ1) is 16.5. The first-order valence-corrected chi connectivity index (χ1v) is 10.6. The third kappa shape index (κ3) is 5.53. The van der Waals surface area contributed by atoms with Gasteiger partial charge in [0.2, 0.25) is 23.7 Å². The van der Waals surface area contributed by atoms with E-state index in [2.05, 4.69) is 25.3 Å². The lowest BCUT2D eigenvalue weighted by molar-refractivity contribution is -0.274. The number of hydrogen-bond acceptors (Lipinski definition) is 7. The molecule has 0 radical (unpaired) electrons. The van der Waals surface area contributed by atoms with Crippen LogP contribution < -0.4 is 31.6 Å². The lowest BCUT2D eigenvalue weighted by atomic mass is 9.92. The number of piperidine rings is 1. The first-order valence-electron chi connectivity index (χ1n) is 10.6. The highest BCUT2D eigenvalue weighted by Crippen LogP contribution is 2.31. The molecule has 1 aromatic heterocycles. The first kappa shape index (κ1) is 24.0. The van der Waals surface area contributed by atoms with Crippen LogP contribution in [-0.4, -0.2) is 47.1 Å². The monoisotopic (exact) mass is 494 g/mol. The van der Waals surface area contributed by atoms with Crippen molar-refractivity contribution in [3.63, 3.8) is 0 Å². The molecule has 0 saturated carbocycles. The van der Waals surface area contributed by atoms with Crippen molar-refractivity contribution in [2.75, 3.05) is 28.6 Å². The normalized spacial score (nSPS) is 18.4. The van der Waals surface area contributed by atoms with Gasteiger partial charge in [-0.3, -0.25) is 24.2 Å². The van der Waals surface area contributed by atoms with Gasteiger partial charge in [-0.15, -0.1) is 13.2 Å². The Labute approximate surface area is 195 Å². The SMILES string of the molecule is NC(=O)C1CCN(c2nc3c(c(=O)[nH]2)C(C(=O)Nc2ccc(OC(F)(F)F)cc2)CC(=O)N3)CC1. The number of anilines is 3. The van der Waals surface area contributed by atoms with Crippen molar-refractivity contribution in [3.8, 4) is 5.75 Å². The van der Waals surface area contributed by atoms with Crippen molar-refractivity contribution in [1.29, 1.82) is 0 Å². The Hall–Kier alpha value is -4.10. The fourth-order valence-corrected chi connectivity index (χ4v) is 4.08. The van der Waals surface area contributed by atoms with Gasteiger partial charge in [0, 0.05) is 31.1 Å². The molecule has 1 aromatic carbocycles. The molecule has 35 heavy (non-hydrogen) atoms. The second kappa shape index (κ2) is 9.27. The van der Waals surface area contributed by atoms with Gasteiger partial charge in [0.15, 0.2) is 0 Å². The Balaban J connectivity index is 1.52. The van der Waals surface area contributed by atoms with Crippen LogP contribution in [0.1, 0.15) is 30.7 Å². The van der Waals surface area contributed by atoms with Gasteiger partial charge in [-0.2, -0.15) is 4.98 Å². The number of nitrogens with zero attached hydrogens (tertiary/aromatic N) is 2. The van der Waals surface area contributed by atoms with Crippen LogP contribution in [0.3, 0.4) is 0 Å². The molecule has 3 amide bonds. The zero-order chi connectivity index (χ0) is 25.3. The highest BCUT2D eigenvalue weighted by atomic mass is 19.4. The number of aromatic amines is 1. The molecule has 4 rings (SSSR count). The summed E-state index contributed by atoms with van der Waals surface area (Å²) < 4.78 is 40.7. The molecule has 1 unspecified atom stereocenters. The molecular weight excluding hydrogens is 473 g/mol. The summed E-state index contributed by atoms with van der Waals surface area (Å²) in [4.78, 5) is 58.1. The minimum absolute atomic E-state index is 0.0325. The Morgan fingerprint density at radius 1 is 1.14 bits per heavy atom. The number of nitrogens with one attached hydrogen (secondary N) is 3. The Kier molecular flexibility index (Phi) is 6.37. The summed E-state index contributed by atoms with van der Waals surface area (Å²) in [6, 6.07) is 4.44. The zero-order valence-corrected chi connectivity index (χ0v) is 18.1. The van der Waals surface area contributed by atoms with Crippen LogP contribution in [0.15, 0.2) is 29.1 Å². The summed E-state index contributed by atoms with van der Waals surface area (Å²) >= 11 is 0. The third-order valence-corrected chi connectivity index (χ3v) is 5.81. The van der Waals surface area contributed by atoms with Crippen LogP contribution in [0.2, 0.25) is 0 Å². The molecule has 3 heterocycles. The van der Waals surface area contributed by atoms with E-state index >= 15 is 0 Å². The number of rotatable bonds is 5. The quantitative estimate of drug-likeness (QED) is 0.489. The smallest absolute Gasteiger partial charge is 0.406 e. The van der Waals surface area contributed by atoms with Crippen molar-refractivity contribution >= 4 is 35.2 Å². The number of nitrogens with two attached hydrogens (primary N) is 1. The third-order valence-electron chi connectivity index (χ3n) is 5.81. The van der Waals surface area contributed by atoms with E-state index in [1.165, 1.54) is 12.1 Å². The summed E-state index contributed by atoms with van der Waals surface area (Å²) in [5, 5.41) is 5.00. The van der Waals surface area contributed by atoms with Crippen LogP contribution in [0.4, 0.5) is 30.6 Å². The van der Waals surface area contributed by atoms with E-state index in [9.17, 15) is 32.3 Å². The molecule has 2 aliphatic rings. The number of fused-ring (bicyclic) bond motifs is 1. The number of halogens is 3. The second-order valence-electron chi connectivity index (χ2n) is 8.18. The van der Waals surface area contributed by atoms with Crippen molar-refractivity contribution in [3.05, 3.63) is 40.2 Å². The number of benzene rings is 1. The van der Waals surface area contributed by atoms with Crippen LogP contribution in [0.5, 0.6) is 5.75 Å². The highest BCUT2D eigenvalue weighted by Gasteiger charge is 2.36. The molecule has 1 fully saturated rings. The second-order valence-corrected chi connectivity index (χ2v) is 8.18. The van der Waals surface area contributed by atoms with E-state index in [1.807, 2.05) is 0 Å². The maximum Gasteiger partial charge on any atom is 0.573 e. The van der Waals surface area contributed by atoms with Gasteiger partial charge in [0.05, 0.1) is 11.5 Å². The Bertz CT molecular complexity index is 1210. The van der Waals surface area contributed by atoms with Gasteiger partial charge in [-0.1, -0.05) is 0 Å². The number of carbonyl (C=O) groups excluding carboxylic acids is 3. The van der Waals surface area contributed by atoms with Crippen molar-refractivity contribution in [1.82, 2.24) is 9.97 Å². The zero-order valence-electron chi connectivity index (χ0n) is 18.1. The van der Waals surface area contributed by atoms with Gasteiger partial charge in [-0.25, -0.2) is 0 Å². The molecule has 5 N–H and O–H groups in total. The molecule has 14 heteroatoms. The molecular formula is C21H21F3N6O5. The largest absolute Gasteiger partial charge is 0.573 e. The molecule has 1 saturated heterocycles. The number of amides is 3. The minimum Gasteiger partial charge on any atom is -0.406 e. The lowest BCUT2D eigenvalue weighted by Gasteiger charge is -2.32. The van der Waals surface area contributed by atoms with Gasteiger partial charge in [-0.05, 0) is 37.1 Å². The fourth-order valence-electron chi connectivity index (χ4n) is 4.08. The minimum atomic E-state index is -4.85. The molecule has 0 spiro atoms. The maximum atomic E-state index is 12.9. The Morgan fingerprint density at radius 3 is 2.40 bits per heavy atom. The van der Waals surface area contributed by atoms with Gasteiger partial charge in [0.1, 0.15) is 11.6 Å². The van der Waals surface area contributed by atoms with E-state index in [4.69, 9.17) is 5.73 Å². The fraction of sp³-hybridized carbons (Fsp3) is 0.381. The van der Waals surface area contributed by atoms with Crippen LogP contribution in [-0.2, 0) is 14.4 Å². The average molecular weight is 494 g/mol. The summed E-state index contributed by atoms with van der Waals surface area (Å²) in [6.07, 6.45) is -4.20. The summed E-state index contributed by atoms with van der Waals surface area (Å²) in [6.45, 7) is 0.836. The van der Waals surface area contributed by atoms with Gasteiger partial charge < -0.3 is 26.0 Å². The standard InChI is InChI=1S/C21H21F3N6O5/c22-21(23,24)35-12-3-1-11(2-4-12)26-18(33)13-9-14(31)27-17-15(13)19(34)29-20(28-17)30-7-5-10(6-8-30)16(25)32/h1-4,10,13H,5-9H2,(H2,25,32)(H,26,33)(H2,27,28,29,31,34). The van der Waals surface area contributed by atoms with Crippen LogP contribution in [0.25, 0.3) is 0 Å². The number of alkyl halides is 3. The predicted molar refractivity (Wildman–Crippen MR) is 117 cm³/mol. The van der Waals surface area contributed by atoms with Crippen molar-refractivity contribution in [2.45, 2.75) is 31.5 Å². The molecule has 0 bridgehead atoms. The molecule has 2 aliphatic heterocycles. The van der Waals surface area contributed by atoms with E-state index in [0.717, 1.165) is 12.1 Å². The van der Waals surface area contributed by atoms with Crippen molar-refractivity contribution in [2.24, 2.45) is 11.7 Å². The van der Waals surface area contributed by atoms with E-state index in [-0.39, 0.29) is 41.3 Å². The van der Waals surface area contributed by atoms with Crippen LogP contribution in [0, 0.1) is 5.92 Å². The number of primary amides is 1. The molecule has 0 aliphatic carbocycles. The number of hydrogen-bond donors (Lipinski definition) is 4. The number of ether oxygens (including phenoxy) is 1. The van der Waals surface area contributed by atoms with E-state index in [0.29, 0.717) is 25.9 Å². The Morgan fingerprint density at radius 2 is 1.80 bits per heavy atom.